The predicted molar refractivity (Wildman–Crippen MR) is 137 cm³/mol. The zero-order valence-electron chi connectivity index (χ0n) is 20.0. The Balaban J connectivity index is 1.24. The molecule has 2 aliphatic heterocycles. The van der Waals surface area contributed by atoms with Gasteiger partial charge >= 0.3 is 0 Å². The third kappa shape index (κ3) is 3.84. The Morgan fingerprint density at radius 1 is 1.14 bits per heavy atom. The van der Waals surface area contributed by atoms with Crippen molar-refractivity contribution in [1.29, 1.82) is 0 Å². The van der Waals surface area contributed by atoms with Gasteiger partial charge in [0.2, 0.25) is 0 Å². The van der Waals surface area contributed by atoms with Crippen LogP contribution in [0.5, 0.6) is 17.2 Å². The van der Waals surface area contributed by atoms with Crippen molar-refractivity contribution in [2.75, 3.05) is 36.5 Å². The molecule has 0 radical (unpaired) electrons. The number of fused-ring (bicyclic) bond motifs is 7. The first kappa shape index (κ1) is 21.7. The summed E-state index contributed by atoms with van der Waals surface area (Å²) in [6, 6.07) is 10.8. The number of aromatic nitrogens is 5. The highest BCUT2D eigenvalue weighted by Gasteiger charge is 2.28. The number of ether oxygens (including phenoxy) is 2. The predicted octanol–water partition coefficient (Wildman–Crippen LogP) is 3.83. The van der Waals surface area contributed by atoms with Crippen molar-refractivity contribution in [3.8, 4) is 17.2 Å². The molecule has 5 aromatic rings. The topological polar surface area (TPSA) is 102 Å². The Labute approximate surface area is 211 Å². The SMILES string of the molecule is Cc1cc(Nc2ncnc3ccc4c(c23)OC[C@H]2CN4CCN2)c(F)cc1Oc1ccn2ncnc2c1. The van der Waals surface area contributed by atoms with Crippen LogP contribution < -0.4 is 25.0 Å². The van der Waals surface area contributed by atoms with E-state index in [-0.39, 0.29) is 11.7 Å². The molecule has 3 aromatic heterocycles. The first-order valence-corrected chi connectivity index (χ1v) is 12.1. The van der Waals surface area contributed by atoms with Crippen molar-refractivity contribution in [3.63, 3.8) is 0 Å². The number of nitrogens with one attached hydrogen (secondary N) is 2. The molecule has 7 rings (SSSR count). The maximum atomic E-state index is 15.3. The summed E-state index contributed by atoms with van der Waals surface area (Å²) in [6.07, 6.45) is 4.67. The van der Waals surface area contributed by atoms with Gasteiger partial charge in [-0.15, -0.1) is 0 Å². The number of benzene rings is 2. The molecule has 11 heteroatoms. The molecule has 2 N–H and O–H groups in total. The van der Waals surface area contributed by atoms with E-state index in [2.05, 4.69) is 35.6 Å². The lowest BCUT2D eigenvalue weighted by Gasteiger charge is -2.32. The number of pyridine rings is 1. The molecule has 10 nitrogen and oxygen atoms in total. The van der Waals surface area contributed by atoms with Gasteiger partial charge in [-0.25, -0.2) is 23.9 Å². The minimum absolute atomic E-state index is 0.246. The number of aryl methyl sites for hydroxylation is 1. The van der Waals surface area contributed by atoms with Crippen molar-refractivity contribution in [3.05, 3.63) is 66.6 Å². The zero-order valence-corrected chi connectivity index (χ0v) is 20.0. The van der Waals surface area contributed by atoms with Crippen LogP contribution in [0.15, 0.2) is 55.2 Å². The quantitative estimate of drug-likeness (QED) is 0.383. The highest BCUT2D eigenvalue weighted by molar-refractivity contribution is 6.00. The summed E-state index contributed by atoms with van der Waals surface area (Å²) in [5.41, 5.74) is 3.40. The third-order valence-electron chi connectivity index (χ3n) is 6.76. The second-order valence-corrected chi connectivity index (χ2v) is 9.19. The summed E-state index contributed by atoms with van der Waals surface area (Å²) in [5.74, 6) is 1.68. The first-order valence-electron chi connectivity index (χ1n) is 12.1. The molecular weight excluding hydrogens is 475 g/mol. The highest BCUT2D eigenvalue weighted by atomic mass is 19.1. The zero-order chi connectivity index (χ0) is 24.9. The van der Waals surface area contributed by atoms with Crippen molar-refractivity contribution in [2.24, 2.45) is 0 Å². The molecule has 0 aliphatic carbocycles. The molecule has 0 spiro atoms. The van der Waals surface area contributed by atoms with Crippen LogP contribution >= 0.6 is 0 Å². The molecule has 0 saturated carbocycles. The van der Waals surface area contributed by atoms with Crippen LogP contribution in [0.4, 0.5) is 21.6 Å². The number of rotatable bonds is 4. The van der Waals surface area contributed by atoms with Gasteiger partial charge in [0, 0.05) is 38.0 Å². The summed E-state index contributed by atoms with van der Waals surface area (Å²) in [6.45, 7) is 5.05. The van der Waals surface area contributed by atoms with Gasteiger partial charge in [-0.3, -0.25) is 0 Å². The molecule has 1 atom stereocenters. The maximum absolute atomic E-state index is 15.3. The Morgan fingerprint density at radius 3 is 3.03 bits per heavy atom. The van der Waals surface area contributed by atoms with Crippen molar-refractivity contribution < 1.29 is 13.9 Å². The normalized spacial score (nSPS) is 16.8. The lowest BCUT2D eigenvalue weighted by molar-refractivity contribution is 0.273. The van der Waals surface area contributed by atoms with Crippen LogP contribution in [0.1, 0.15) is 5.56 Å². The van der Waals surface area contributed by atoms with Gasteiger partial charge < -0.3 is 25.0 Å². The minimum Gasteiger partial charge on any atom is -0.489 e. The van der Waals surface area contributed by atoms with Crippen LogP contribution in [-0.2, 0) is 0 Å². The summed E-state index contributed by atoms with van der Waals surface area (Å²) >= 11 is 0. The molecule has 2 aromatic carbocycles. The van der Waals surface area contributed by atoms with E-state index in [1.54, 1.807) is 28.9 Å². The average molecular weight is 499 g/mol. The highest BCUT2D eigenvalue weighted by Crippen LogP contribution is 2.42. The van der Waals surface area contributed by atoms with Crippen LogP contribution in [-0.4, -0.2) is 56.8 Å². The Hall–Kier alpha value is -4.51. The second-order valence-electron chi connectivity index (χ2n) is 9.19. The monoisotopic (exact) mass is 498 g/mol. The molecule has 1 saturated heterocycles. The summed E-state index contributed by atoms with van der Waals surface area (Å²) in [5, 5.41) is 11.5. The van der Waals surface area contributed by atoms with Crippen LogP contribution in [0.2, 0.25) is 0 Å². The van der Waals surface area contributed by atoms with Gasteiger partial charge in [0.05, 0.1) is 28.3 Å². The number of anilines is 3. The van der Waals surface area contributed by atoms with Crippen LogP contribution in [0.25, 0.3) is 16.6 Å². The molecular formula is C26H23FN8O2. The van der Waals surface area contributed by atoms with E-state index < -0.39 is 5.82 Å². The van der Waals surface area contributed by atoms with E-state index in [1.165, 1.54) is 18.7 Å². The molecule has 2 aliphatic rings. The van der Waals surface area contributed by atoms with Gasteiger partial charge in [0.1, 0.15) is 42.4 Å². The van der Waals surface area contributed by atoms with E-state index in [1.807, 2.05) is 19.1 Å². The van der Waals surface area contributed by atoms with E-state index in [9.17, 15) is 0 Å². The molecule has 5 heterocycles. The maximum Gasteiger partial charge on any atom is 0.158 e. The lowest BCUT2D eigenvalue weighted by Crippen LogP contribution is -2.51. The Kier molecular flexibility index (Phi) is 5.03. The lowest BCUT2D eigenvalue weighted by atomic mass is 10.1. The minimum atomic E-state index is -0.470. The number of hydrogen-bond donors (Lipinski definition) is 2. The average Bonchev–Trinajstić information content (AvgIpc) is 3.33. The summed E-state index contributed by atoms with van der Waals surface area (Å²) in [7, 11) is 0. The van der Waals surface area contributed by atoms with Crippen LogP contribution in [0, 0.1) is 12.7 Å². The Bertz CT molecular complexity index is 1660. The smallest absolute Gasteiger partial charge is 0.158 e. The summed E-state index contributed by atoms with van der Waals surface area (Å²) < 4.78 is 29.2. The van der Waals surface area contributed by atoms with Crippen molar-refractivity contribution in [1.82, 2.24) is 29.9 Å². The fourth-order valence-electron chi connectivity index (χ4n) is 4.92. The first-order chi connectivity index (χ1) is 18.1. The molecule has 0 unspecified atom stereocenters. The van der Waals surface area contributed by atoms with Crippen molar-refractivity contribution in [2.45, 2.75) is 13.0 Å². The Morgan fingerprint density at radius 2 is 2.08 bits per heavy atom. The van der Waals surface area contributed by atoms with E-state index >= 15 is 4.39 Å². The number of piperazine rings is 1. The van der Waals surface area contributed by atoms with Gasteiger partial charge in [-0.2, -0.15) is 5.10 Å². The second kappa shape index (κ2) is 8.56. The third-order valence-corrected chi connectivity index (χ3v) is 6.76. The van der Waals surface area contributed by atoms with Gasteiger partial charge in [-0.05, 0) is 36.8 Å². The van der Waals surface area contributed by atoms with E-state index in [0.29, 0.717) is 35.3 Å². The number of halogens is 1. The largest absolute Gasteiger partial charge is 0.489 e. The molecule has 2 bridgehead atoms. The fraction of sp³-hybridized carbons (Fsp3) is 0.231. The number of nitrogens with zero attached hydrogens (tertiary/aromatic N) is 6. The van der Waals surface area contributed by atoms with Gasteiger partial charge in [-0.1, -0.05) is 0 Å². The van der Waals surface area contributed by atoms with E-state index in [4.69, 9.17) is 9.47 Å². The van der Waals surface area contributed by atoms with Crippen molar-refractivity contribution >= 4 is 33.7 Å². The molecule has 0 amide bonds. The molecule has 37 heavy (non-hydrogen) atoms. The summed E-state index contributed by atoms with van der Waals surface area (Å²) in [4.78, 5) is 15.4. The van der Waals surface area contributed by atoms with Gasteiger partial charge in [0.25, 0.3) is 0 Å². The van der Waals surface area contributed by atoms with Gasteiger partial charge in [0.15, 0.2) is 11.4 Å². The molecule has 186 valence electrons. The fourth-order valence-corrected chi connectivity index (χ4v) is 4.92. The van der Waals surface area contributed by atoms with E-state index in [0.717, 1.165) is 41.8 Å². The van der Waals surface area contributed by atoms with Crippen LogP contribution in [0.3, 0.4) is 0 Å². The molecule has 1 fully saturated rings. The standard InChI is InChI=1S/C26H23FN8O2/c1-15-8-20(18(27)10-22(15)37-17-4-6-35-23(9-17)30-14-32-35)33-26-24-19(29-13-31-26)2-3-21-25(24)36-12-16-11-34(21)7-5-28-16/h2-4,6,8-10,13-14,16,28H,5,7,11-12H2,1H3,(H,29,31,33)/t16-/m1/s1. The number of hydrogen-bond acceptors (Lipinski definition) is 9.